The van der Waals surface area contributed by atoms with Crippen molar-refractivity contribution in [1.29, 1.82) is 0 Å². The monoisotopic (exact) mass is 354 g/mol. The minimum Gasteiger partial charge on any atom is -0.351 e. The van der Waals surface area contributed by atoms with Gasteiger partial charge in [0.05, 0.1) is 10.5 Å². The van der Waals surface area contributed by atoms with Gasteiger partial charge in [-0.25, -0.2) is 0 Å². The second kappa shape index (κ2) is 6.13. The standard InChI is InChI=1S/C15H19BrN2O3/c1-10(2)8-15(6-7-15)9-17-14(19)11-4-3-5-12(13(11)16)18(20)21/h3-5,10H,6-9H2,1-2H3,(H,17,19). The summed E-state index contributed by atoms with van der Waals surface area (Å²) in [4.78, 5) is 22.6. The van der Waals surface area contributed by atoms with Gasteiger partial charge in [-0.1, -0.05) is 19.9 Å². The van der Waals surface area contributed by atoms with Crippen LogP contribution < -0.4 is 5.32 Å². The van der Waals surface area contributed by atoms with Gasteiger partial charge in [-0.15, -0.1) is 0 Å². The molecule has 1 amide bonds. The van der Waals surface area contributed by atoms with E-state index in [0.717, 1.165) is 19.3 Å². The van der Waals surface area contributed by atoms with Crippen LogP contribution in [0.25, 0.3) is 0 Å². The van der Waals surface area contributed by atoms with Gasteiger partial charge < -0.3 is 5.32 Å². The molecule has 21 heavy (non-hydrogen) atoms. The van der Waals surface area contributed by atoms with Crippen LogP contribution in [0.2, 0.25) is 0 Å². The summed E-state index contributed by atoms with van der Waals surface area (Å²) in [7, 11) is 0. The van der Waals surface area contributed by atoms with E-state index in [1.54, 1.807) is 6.07 Å². The van der Waals surface area contributed by atoms with E-state index >= 15 is 0 Å². The fourth-order valence-electron chi connectivity index (χ4n) is 2.70. The highest BCUT2D eigenvalue weighted by atomic mass is 79.9. The second-order valence-corrected chi connectivity index (χ2v) is 6.97. The molecule has 1 aliphatic rings. The number of halogens is 1. The van der Waals surface area contributed by atoms with E-state index in [1.165, 1.54) is 12.1 Å². The molecule has 1 aromatic carbocycles. The van der Waals surface area contributed by atoms with Crippen LogP contribution >= 0.6 is 15.9 Å². The average molecular weight is 355 g/mol. The van der Waals surface area contributed by atoms with Crippen molar-refractivity contribution >= 4 is 27.5 Å². The van der Waals surface area contributed by atoms with E-state index < -0.39 is 4.92 Å². The Morgan fingerprint density at radius 3 is 2.67 bits per heavy atom. The van der Waals surface area contributed by atoms with Gasteiger partial charge in [0.1, 0.15) is 4.47 Å². The summed E-state index contributed by atoms with van der Waals surface area (Å²) in [5.74, 6) is 0.342. The van der Waals surface area contributed by atoms with Gasteiger partial charge in [0.15, 0.2) is 0 Å². The van der Waals surface area contributed by atoms with E-state index in [0.29, 0.717) is 18.0 Å². The first-order valence-electron chi connectivity index (χ1n) is 7.06. The molecule has 0 saturated heterocycles. The van der Waals surface area contributed by atoms with Gasteiger partial charge in [0.2, 0.25) is 0 Å². The number of benzene rings is 1. The van der Waals surface area contributed by atoms with E-state index in [-0.39, 0.29) is 21.5 Å². The number of nitrogens with zero attached hydrogens (tertiary/aromatic N) is 1. The lowest BCUT2D eigenvalue weighted by Crippen LogP contribution is -2.31. The fraction of sp³-hybridized carbons (Fsp3) is 0.533. The number of nitro benzene ring substituents is 1. The van der Waals surface area contributed by atoms with Crippen molar-refractivity contribution in [2.24, 2.45) is 11.3 Å². The van der Waals surface area contributed by atoms with Gasteiger partial charge in [-0.2, -0.15) is 0 Å². The van der Waals surface area contributed by atoms with Gasteiger partial charge in [-0.05, 0) is 52.6 Å². The van der Waals surface area contributed by atoms with Crippen molar-refractivity contribution in [3.63, 3.8) is 0 Å². The Labute approximate surface area is 132 Å². The SMILES string of the molecule is CC(C)CC1(CNC(=O)c2cccc([N+](=O)[O-])c2Br)CC1. The Balaban J connectivity index is 2.05. The molecule has 1 aromatic rings. The number of carbonyl (C=O) groups excluding carboxylic acids is 1. The third-order valence-corrected chi connectivity index (χ3v) is 4.68. The van der Waals surface area contributed by atoms with Crippen molar-refractivity contribution in [1.82, 2.24) is 5.32 Å². The normalized spacial score (nSPS) is 15.8. The molecule has 0 radical (unpaired) electrons. The van der Waals surface area contributed by atoms with Crippen LogP contribution in [0.1, 0.15) is 43.5 Å². The van der Waals surface area contributed by atoms with Crippen LogP contribution in [0.4, 0.5) is 5.69 Å². The Morgan fingerprint density at radius 2 is 2.14 bits per heavy atom. The minimum atomic E-state index is -0.498. The second-order valence-electron chi connectivity index (χ2n) is 6.18. The molecule has 0 unspecified atom stereocenters. The first kappa shape index (κ1) is 15.9. The van der Waals surface area contributed by atoms with Crippen molar-refractivity contribution < 1.29 is 9.72 Å². The van der Waals surface area contributed by atoms with Crippen LogP contribution in [0.5, 0.6) is 0 Å². The summed E-state index contributed by atoms with van der Waals surface area (Å²) in [6, 6.07) is 4.50. The average Bonchev–Trinajstić information content (AvgIpc) is 3.15. The third kappa shape index (κ3) is 3.81. The lowest BCUT2D eigenvalue weighted by molar-refractivity contribution is -0.385. The molecule has 0 aliphatic heterocycles. The third-order valence-electron chi connectivity index (χ3n) is 3.84. The van der Waals surface area contributed by atoms with Crippen molar-refractivity contribution in [2.45, 2.75) is 33.1 Å². The smallest absolute Gasteiger partial charge is 0.284 e. The number of nitro groups is 1. The van der Waals surface area contributed by atoms with Crippen LogP contribution in [-0.2, 0) is 0 Å². The maximum absolute atomic E-state index is 12.2. The lowest BCUT2D eigenvalue weighted by atomic mass is 9.94. The number of rotatable bonds is 6. The highest BCUT2D eigenvalue weighted by Crippen LogP contribution is 2.50. The molecule has 114 valence electrons. The Bertz CT molecular complexity index is 568. The first-order chi connectivity index (χ1) is 9.84. The van der Waals surface area contributed by atoms with E-state index in [9.17, 15) is 14.9 Å². The van der Waals surface area contributed by atoms with Crippen LogP contribution in [0, 0.1) is 21.4 Å². The summed E-state index contributed by atoms with van der Waals surface area (Å²) in [5.41, 5.74) is 0.451. The van der Waals surface area contributed by atoms with Crippen molar-refractivity contribution in [2.75, 3.05) is 6.54 Å². The predicted molar refractivity (Wildman–Crippen MR) is 84.3 cm³/mol. The lowest BCUT2D eigenvalue weighted by Gasteiger charge is -2.18. The summed E-state index contributed by atoms with van der Waals surface area (Å²) in [5, 5.41) is 13.8. The van der Waals surface area contributed by atoms with Gasteiger partial charge >= 0.3 is 0 Å². The first-order valence-corrected chi connectivity index (χ1v) is 7.85. The Kier molecular flexibility index (Phi) is 4.66. The molecule has 5 nitrogen and oxygen atoms in total. The number of hydrogen-bond donors (Lipinski definition) is 1. The van der Waals surface area contributed by atoms with Crippen LogP contribution in [0.15, 0.2) is 22.7 Å². The summed E-state index contributed by atoms with van der Waals surface area (Å²) in [6.45, 7) is 5.00. The summed E-state index contributed by atoms with van der Waals surface area (Å²) >= 11 is 3.16. The largest absolute Gasteiger partial charge is 0.351 e. The molecule has 1 saturated carbocycles. The number of amides is 1. The zero-order valence-electron chi connectivity index (χ0n) is 12.2. The Hall–Kier alpha value is -1.43. The molecular formula is C15H19BrN2O3. The van der Waals surface area contributed by atoms with E-state index in [4.69, 9.17) is 0 Å². The number of carbonyl (C=O) groups is 1. The number of nitrogens with one attached hydrogen (secondary N) is 1. The maximum atomic E-state index is 12.2. The van der Waals surface area contributed by atoms with Crippen molar-refractivity contribution in [3.05, 3.63) is 38.3 Å². The molecule has 0 atom stereocenters. The molecule has 1 fully saturated rings. The Morgan fingerprint density at radius 1 is 1.48 bits per heavy atom. The molecule has 0 spiro atoms. The van der Waals surface area contributed by atoms with Gasteiger partial charge in [-0.3, -0.25) is 14.9 Å². The maximum Gasteiger partial charge on any atom is 0.284 e. The molecule has 2 rings (SSSR count). The molecule has 1 N–H and O–H groups in total. The minimum absolute atomic E-state index is 0.0917. The number of hydrogen-bond acceptors (Lipinski definition) is 3. The highest BCUT2D eigenvalue weighted by Gasteiger charge is 2.42. The molecule has 1 aliphatic carbocycles. The van der Waals surface area contributed by atoms with Gasteiger partial charge in [0.25, 0.3) is 11.6 Å². The highest BCUT2D eigenvalue weighted by molar-refractivity contribution is 9.10. The summed E-state index contributed by atoms with van der Waals surface area (Å²) < 4.78 is 0.237. The van der Waals surface area contributed by atoms with Crippen LogP contribution in [-0.4, -0.2) is 17.4 Å². The summed E-state index contributed by atoms with van der Waals surface area (Å²) in [6.07, 6.45) is 3.38. The zero-order valence-corrected chi connectivity index (χ0v) is 13.8. The molecular weight excluding hydrogens is 336 g/mol. The molecule has 0 bridgehead atoms. The molecule has 6 heteroatoms. The molecule has 0 heterocycles. The van der Waals surface area contributed by atoms with E-state index in [1.807, 2.05) is 0 Å². The fourth-order valence-corrected chi connectivity index (χ4v) is 3.28. The van der Waals surface area contributed by atoms with Gasteiger partial charge in [0, 0.05) is 12.6 Å². The molecule has 0 aromatic heterocycles. The zero-order chi connectivity index (χ0) is 15.6. The quantitative estimate of drug-likeness (QED) is 0.621. The van der Waals surface area contributed by atoms with E-state index in [2.05, 4.69) is 35.1 Å². The topological polar surface area (TPSA) is 72.2 Å². The van der Waals surface area contributed by atoms with Crippen molar-refractivity contribution in [3.8, 4) is 0 Å². The van der Waals surface area contributed by atoms with Crippen LogP contribution in [0.3, 0.4) is 0 Å². The predicted octanol–water partition coefficient (Wildman–Crippen LogP) is 3.91.